The van der Waals surface area contributed by atoms with E-state index in [1.165, 1.54) is 0 Å². The van der Waals surface area contributed by atoms with E-state index in [0.717, 1.165) is 11.3 Å². The van der Waals surface area contributed by atoms with E-state index in [1.807, 2.05) is 42.5 Å². The molecule has 3 rings (SSSR count). The summed E-state index contributed by atoms with van der Waals surface area (Å²) >= 11 is 5.11. The lowest BCUT2D eigenvalue weighted by atomic mass is 10.2. The first-order chi connectivity index (χ1) is 11.7. The Morgan fingerprint density at radius 1 is 1.00 bits per heavy atom. The van der Waals surface area contributed by atoms with Gasteiger partial charge in [-0.1, -0.05) is 42.5 Å². The van der Waals surface area contributed by atoms with Crippen molar-refractivity contribution in [2.45, 2.75) is 6.61 Å². The number of hydrogen-bond acceptors (Lipinski definition) is 3. The van der Waals surface area contributed by atoms with Crippen LogP contribution in [0.4, 0.5) is 5.69 Å². The summed E-state index contributed by atoms with van der Waals surface area (Å²) < 4.78 is 6.14. The molecule has 0 atom stereocenters. The number of aromatic nitrogens is 1. The number of aromatic amines is 1. The number of pyridine rings is 1. The number of nitrogens with one attached hydrogen (secondary N) is 2. The van der Waals surface area contributed by atoms with Crippen molar-refractivity contribution >= 4 is 23.8 Å². The Kier molecular flexibility index (Phi) is 5.03. The van der Waals surface area contributed by atoms with Crippen LogP contribution in [0.25, 0.3) is 0 Å². The van der Waals surface area contributed by atoms with Gasteiger partial charge < -0.3 is 15.0 Å². The van der Waals surface area contributed by atoms with E-state index in [4.69, 9.17) is 17.0 Å². The molecule has 4 nitrogen and oxygen atoms in total. The first-order valence-corrected chi connectivity index (χ1v) is 7.89. The highest BCUT2D eigenvalue weighted by Crippen LogP contribution is 2.18. The Bertz CT molecular complexity index is 874. The number of hydrogen-bond donors (Lipinski definition) is 2. The summed E-state index contributed by atoms with van der Waals surface area (Å²) in [7, 11) is 0. The Labute approximate surface area is 145 Å². The zero-order chi connectivity index (χ0) is 16.8. The predicted octanol–water partition coefficient (Wildman–Crippen LogP) is 4.58. The van der Waals surface area contributed by atoms with E-state index in [-0.39, 0.29) is 5.91 Å². The lowest BCUT2D eigenvalue weighted by Crippen LogP contribution is -2.12. The maximum absolute atomic E-state index is 12.2. The third kappa shape index (κ3) is 4.08. The van der Waals surface area contributed by atoms with Gasteiger partial charge in [0.2, 0.25) is 0 Å². The Morgan fingerprint density at radius 3 is 2.46 bits per heavy atom. The molecule has 24 heavy (non-hydrogen) atoms. The molecule has 1 heterocycles. The van der Waals surface area contributed by atoms with Gasteiger partial charge in [0.05, 0.1) is 5.56 Å². The van der Waals surface area contributed by atoms with Crippen LogP contribution in [0.2, 0.25) is 0 Å². The molecule has 0 fully saturated rings. The van der Waals surface area contributed by atoms with E-state index in [2.05, 4.69) is 10.3 Å². The Hall–Kier alpha value is -2.92. The average Bonchev–Trinajstić information content (AvgIpc) is 2.62. The topological polar surface area (TPSA) is 54.1 Å². The van der Waals surface area contributed by atoms with Gasteiger partial charge in [0.1, 0.15) is 17.0 Å². The van der Waals surface area contributed by atoms with Crippen molar-refractivity contribution in [3.63, 3.8) is 0 Å². The Balaban J connectivity index is 1.61. The summed E-state index contributed by atoms with van der Waals surface area (Å²) in [4.78, 5) is 15.0. The molecule has 5 heteroatoms. The molecule has 0 aliphatic carbocycles. The maximum atomic E-state index is 12.2. The number of carbonyl (C=O) groups excluding carboxylic acids is 1. The van der Waals surface area contributed by atoms with Crippen molar-refractivity contribution in [3.8, 4) is 5.75 Å². The smallest absolute Gasteiger partial charge is 0.258 e. The maximum Gasteiger partial charge on any atom is 0.258 e. The number of anilines is 1. The zero-order valence-electron chi connectivity index (χ0n) is 12.9. The molecule has 0 saturated heterocycles. The van der Waals surface area contributed by atoms with Crippen molar-refractivity contribution in [1.29, 1.82) is 0 Å². The fraction of sp³-hybridized carbons (Fsp3) is 0.0526. The SMILES string of the molecule is O=C(Nc1ccc(OCc2ccccc2)cc1)c1ccc[nH]c1=S. The summed E-state index contributed by atoms with van der Waals surface area (Å²) in [5.41, 5.74) is 2.23. The third-order valence-electron chi connectivity index (χ3n) is 3.42. The van der Waals surface area contributed by atoms with Crippen LogP contribution in [0, 0.1) is 4.64 Å². The molecular formula is C19H16N2O2S. The van der Waals surface area contributed by atoms with Crippen molar-refractivity contribution in [3.05, 3.63) is 88.7 Å². The van der Waals surface area contributed by atoms with E-state index < -0.39 is 0 Å². The van der Waals surface area contributed by atoms with Gasteiger partial charge in [-0.2, -0.15) is 0 Å². The van der Waals surface area contributed by atoms with Crippen LogP contribution in [0.15, 0.2) is 72.9 Å². The van der Waals surface area contributed by atoms with Crippen molar-refractivity contribution < 1.29 is 9.53 Å². The summed E-state index contributed by atoms with van der Waals surface area (Å²) in [6.07, 6.45) is 1.69. The molecule has 0 aliphatic rings. The standard InChI is InChI=1S/C19H16N2O2S/c22-18(17-7-4-12-20-19(17)24)21-15-8-10-16(11-9-15)23-13-14-5-2-1-3-6-14/h1-12H,13H2,(H,20,24)(H,21,22). The van der Waals surface area contributed by atoms with Gasteiger partial charge in [-0.3, -0.25) is 4.79 Å². The summed E-state index contributed by atoms with van der Waals surface area (Å²) in [6, 6.07) is 20.6. The number of carbonyl (C=O) groups is 1. The molecule has 2 N–H and O–H groups in total. The van der Waals surface area contributed by atoms with Gasteiger partial charge in [-0.25, -0.2) is 0 Å². The quantitative estimate of drug-likeness (QED) is 0.671. The molecular weight excluding hydrogens is 320 g/mol. The summed E-state index contributed by atoms with van der Waals surface area (Å²) in [6.45, 7) is 0.506. The molecule has 1 amide bonds. The van der Waals surface area contributed by atoms with Crippen molar-refractivity contribution in [1.82, 2.24) is 4.98 Å². The lowest BCUT2D eigenvalue weighted by Gasteiger charge is -2.08. The van der Waals surface area contributed by atoms with Gasteiger partial charge in [-0.15, -0.1) is 0 Å². The van der Waals surface area contributed by atoms with Gasteiger partial charge in [0.25, 0.3) is 5.91 Å². The number of H-pyrrole nitrogens is 1. The molecule has 0 unspecified atom stereocenters. The molecule has 0 radical (unpaired) electrons. The minimum absolute atomic E-state index is 0.241. The number of amides is 1. The monoisotopic (exact) mass is 336 g/mol. The zero-order valence-corrected chi connectivity index (χ0v) is 13.7. The van der Waals surface area contributed by atoms with E-state index >= 15 is 0 Å². The largest absolute Gasteiger partial charge is 0.489 e. The number of rotatable bonds is 5. The number of ether oxygens (including phenoxy) is 1. The molecule has 0 saturated carbocycles. The fourth-order valence-corrected chi connectivity index (χ4v) is 2.40. The molecule has 0 aliphatic heterocycles. The second-order valence-corrected chi connectivity index (χ2v) is 5.57. The van der Waals surface area contributed by atoms with E-state index in [0.29, 0.717) is 22.5 Å². The highest BCUT2D eigenvalue weighted by molar-refractivity contribution is 7.71. The van der Waals surface area contributed by atoms with E-state index in [1.54, 1.807) is 30.5 Å². The minimum Gasteiger partial charge on any atom is -0.489 e. The van der Waals surface area contributed by atoms with Crippen LogP contribution in [0.1, 0.15) is 15.9 Å². The minimum atomic E-state index is -0.241. The first kappa shape index (κ1) is 16.0. The number of benzene rings is 2. The van der Waals surface area contributed by atoms with Crippen LogP contribution in [-0.2, 0) is 6.61 Å². The van der Waals surface area contributed by atoms with Crippen LogP contribution >= 0.6 is 12.2 Å². The average molecular weight is 336 g/mol. The van der Waals surface area contributed by atoms with Crippen molar-refractivity contribution in [2.75, 3.05) is 5.32 Å². The van der Waals surface area contributed by atoms with Crippen LogP contribution in [0.3, 0.4) is 0 Å². The van der Waals surface area contributed by atoms with Crippen molar-refractivity contribution in [2.24, 2.45) is 0 Å². The highest BCUT2D eigenvalue weighted by Gasteiger charge is 2.07. The van der Waals surface area contributed by atoms with Gasteiger partial charge in [-0.05, 0) is 42.0 Å². The van der Waals surface area contributed by atoms with Gasteiger partial charge in [0.15, 0.2) is 0 Å². The van der Waals surface area contributed by atoms with Crippen LogP contribution in [0.5, 0.6) is 5.75 Å². The predicted molar refractivity (Wildman–Crippen MR) is 96.8 cm³/mol. The first-order valence-electron chi connectivity index (χ1n) is 7.48. The molecule has 1 aromatic heterocycles. The van der Waals surface area contributed by atoms with Gasteiger partial charge in [0, 0.05) is 11.9 Å². The molecule has 0 spiro atoms. The summed E-state index contributed by atoms with van der Waals surface area (Å²) in [5, 5.41) is 2.82. The second-order valence-electron chi connectivity index (χ2n) is 5.17. The Morgan fingerprint density at radius 2 is 1.75 bits per heavy atom. The van der Waals surface area contributed by atoms with Crippen LogP contribution < -0.4 is 10.1 Å². The third-order valence-corrected chi connectivity index (χ3v) is 3.76. The highest BCUT2D eigenvalue weighted by atomic mass is 32.1. The molecule has 120 valence electrons. The fourth-order valence-electron chi connectivity index (χ4n) is 2.17. The summed E-state index contributed by atoms with van der Waals surface area (Å²) in [5.74, 6) is 0.503. The normalized spacial score (nSPS) is 10.2. The molecule has 3 aromatic rings. The lowest BCUT2D eigenvalue weighted by molar-refractivity contribution is 0.102. The molecule has 0 bridgehead atoms. The second kappa shape index (κ2) is 7.57. The van der Waals surface area contributed by atoms with E-state index in [9.17, 15) is 4.79 Å². The van der Waals surface area contributed by atoms with Gasteiger partial charge >= 0.3 is 0 Å². The molecule has 2 aromatic carbocycles. The van der Waals surface area contributed by atoms with Crippen LogP contribution in [-0.4, -0.2) is 10.9 Å².